The van der Waals surface area contributed by atoms with Crippen LogP contribution < -0.4 is 11.3 Å². The van der Waals surface area contributed by atoms with Crippen molar-refractivity contribution < 1.29 is 4.39 Å². The van der Waals surface area contributed by atoms with Crippen LogP contribution in [0.15, 0.2) is 75.7 Å². The molecule has 3 N–H and O–H groups in total. The molecule has 0 amide bonds. The van der Waals surface area contributed by atoms with Gasteiger partial charge in [0.1, 0.15) is 5.82 Å². The largest absolute Gasteiger partial charge is 0.380 e. The van der Waals surface area contributed by atoms with Crippen LogP contribution in [0.4, 0.5) is 21.6 Å². The third kappa shape index (κ3) is 2.84. The van der Waals surface area contributed by atoms with E-state index >= 15 is 0 Å². The molecule has 2 heterocycles. The van der Waals surface area contributed by atoms with E-state index in [1.165, 1.54) is 34.8 Å². The van der Waals surface area contributed by atoms with Crippen LogP contribution in [0.25, 0.3) is 16.9 Å². The highest BCUT2D eigenvalue weighted by molar-refractivity contribution is 5.78. The zero-order valence-electron chi connectivity index (χ0n) is 13.4. The number of azo groups is 1. The fourth-order valence-corrected chi connectivity index (χ4v) is 2.58. The maximum Gasteiger partial charge on any atom is 0.251 e. The topological polar surface area (TPSA) is 101 Å². The Morgan fingerprint density at radius 1 is 1.04 bits per heavy atom. The summed E-state index contributed by atoms with van der Waals surface area (Å²) < 4.78 is 14.5. The minimum absolute atomic E-state index is 0.120. The summed E-state index contributed by atoms with van der Waals surface area (Å²) in [5.74, 6) is -0.244. The molecule has 0 spiro atoms. The lowest BCUT2D eigenvalue weighted by Gasteiger charge is -2.03. The van der Waals surface area contributed by atoms with Crippen molar-refractivity contribution in [1.82, 2.24) is 14.6 Å². The molecule has 0 atom stereocenters. The summed E-state index contributed by atoms with van der Waals surface area (Å²) in [5, 5.41) is 12.4. The van der Waals surface area contributed by atoms with E-state index in [-0.39, 0.29) is 22.9 Å². The molecule has 0 unspecified atom stereocenters. The van der Waals surface area contributed by atoms with Crippen LogP contribution in [-0.4, -0.2) is 14.6 Å². The van der Waals surface area contributed by atoms with Crippen LogP contribution in [-0.2, 0) is 0 Å². The lowest BCUT2D eigenvalue weighted by Crippen LogP contribution is -2.09. The van der Waals surface area contributed by atoms with Crippen LogP contribution in [0.1, 0.15) is 0 Å². The van der Waals surface area contributed by atoms with Gasteiger partial charge in [0.25, 0.3) is 5.56 Å². The third-order valence-corrected chi connectivity index (χ3v) is 3.79. The molecule has 8 heteroatoms. The van der Waals surface area contributed by atoms with Crippen LogP contribution in [0.3, 0.4) is 0 Å². The first-order chi connectivity index (χ1) is 12.6. The molecule has 7 nitrogen and oxygen atoms in total. The highest BCUT2D eigenvalue weighted by Crippen LogP contribution is 2.30. The van der Waals surface area contributed by atoms with E-state index in [1.54, 1.807) is 0 Å². The van der Waals surface area contributed by atoms with Crippen LogP contribution in [0, 0.1) is 5.82 Å². The predicted octanol–water partition coefficient (Wildman–Crippen LogP) is 3.83. The normalized spacial score (nSPS) is 11.4. The Balaban J connectivity index is 1.86. The van der Waals surface area contributed by atoms with Gasteiger partial charge in [0.05, 0.1) is 11.4 Å². The lowest BCUT2D eigenvalue weighted by atomic mass is 10.1. The van der Waals surface area contributed by atoms with Gasteiger partial charge in [0.2, 0.25) is 0 Å². The van der Waals surface area contributed by atoms with E-state index in [4.69, 9.17) is 5.73 Å². The van der Waals surface area contributed by atoms with Crippen LogP contribution in [0.5, 0.6) is 0 Å². The summed E-state index contributed by atoms with van der Waals surface area (Å²) in [6.07, 6.45) is 0. The second kappa shape index (κ2) is 6.25. The Kier molecular flexibility index (Phi) is 3.77. The number of nitrogen functional groups attached to an aromatic ring is 1. The SMILES string of the molecule is Nc1nn2c(-c3ccccc3)cc(=O)[nH]c2c1N=Nc1ccc(F)cc1. The number of nitrogens with zero attached hydrogens (tertiary/aromatic N) is 4. The van der Waals surface area contributed by atoms with Crippen LogP contribution in [0.2, 0.25) is 0 Å². The Morgan fingerprint density at radius 2 is 1.77 bits per heavy atom. The maximum absolute atomic E-state index is 13.0. The molecule has 4 aromatic rings. The lowest BCUT2D eigenvalue weighted by molar-refractivity contribution is 0.628. The average Bonchev–Trinajstić information content (AvgIpc) is 2.96. The van der Waals surface area contributed by atoms with Gasteiger partial charge in [-0.2, -0.15) is 5.11 Å². The van der Waals surface area contributed by atoms with E-state index in [0.717, 1.165) is 5.56 Å². The summed E-state index contributed by atoms with van der Waals surface area (Å²) in [7, 11) is 0. The second-order valence-electron chi connectivity index (χ2n) is 5.56. The van der Waals surface area contributed by atoms with E-state index in [2.05, 4.69) is 20.3 Å². The molecule has 0 aliphatic carbocycles. The Morgan fingerprint density at radius 3 is 2.50 bits per heavy atom. The number of fused-ring (bicyclic) bond motifs is 1. The zero-order chi connectivity index (χ0) is 18.1. The van der Waals surface area contributed by atoms with Gasteiger partial charge in [-0.25, -0.2) is 8.91 Å². The molecule has 0 bridgehead atoms. The van der Waals surface area contributed by atoms with Crippen molar-refractivity contribution in [3.63, 3.8) is 0 Å². The summed E-state index contributed by atoms with van der Waals surface area (Å²) in [4.78, 5) is 14.8. The van der Waals surface area contributed by atoms with Crippen molar-refractivity contribution in [3.8, 4) is 11.3 Å². The van der Waals surface area contributed by atoms with Gasteiger partial charge in [-0.05, 0) is 24.3 Å². The summed E-state index contributed by atoms with van der Waals surface area (Å²) >= 11 is 0. The third-order valence-electron chi connectivity index (χ3n) is 3.79. The van der Waals surface area contributed by atoms with Gasteiger partial charge in [-0.1, -0.05) is 30.3 Å². The number of nitrogens with two attached hydrogens (primary N) is 1. The van der Waals surface area contributed by atoms with Gasteiger partial charge in [-0.15, -0.1) is 10.2 Å². The number of aromatic nitrogens is 3. The first-order valence-electron chi connectivity index (χ1n) is 7.76. The van der Waals surface area contributed by atoms with Gasteiger partial charge >= 0.3 is 0 Å². The second-order valence-corrected chi connectivity index (χ2v) is 5.56. The fraction of sp³-hybridized carbons (Fsp3) is 0. The molecule has 26 heavy (non-hydrogen) atoms. The molecular formula is C18H13FN6O. The predicted molar refractivity (Wildman–Crippen MR) is 96.2 cm³/mol. The van der Waals surface area contributed by atoms with Gasteiger partial charge in [0, 0.05) is 11.6 Å². The molecule has 4 rings (SSSR count). The molecule has 2 aromatic heterocycles. The molecule has 0 fully saturated rings. The van der Waals surface area contributed by atoms with Crippen LogP contribution >= 0.6 is 0 Å². The standard InChI is InChI=1S/C18H13FN6O/c19-12-6-8-13(9-7-12)22-23-16-17(20)24-25-14(10-15(26)21-18(16)25)11-4-2-1-3-5-11/h1-10H,(H2,20,24)(H,21,26). The highest BCUT2D eigenvalue weighted by atomic mass is 19.1. The molecule has 0 radical (unpaired) electrons. The Hall–Kier alpha value is -3.81. The summed E-state index contributed by atoms with van der Waals surface area (Å²) in [6.45, 7) is 0. The summed E-state index contributed by atoms with van der Waals surface area (Å²) in [6, 6.07) is 16.3. The number of anilines is 1. The summed E-state index contributed by atoms with van der Waals surface area (Å²) in [5.41, 5.74) is 8.08. The average molecular weight is 348 g/mol. The van der Waals surface area contributed by atoms with E-state index in [1.807, 2.05) is 30.3 Å². The maximum atomic E-state index is 13.0. The van der Waals surface area contributed by atoms with Gasteiger partial charge in [0.15, 0.2) is 17.2 Å². The Bertz CT molecular complexity index is 1160. The number of hydrogen-bond acceptors (Lipinski definition) is 5. The van der Waals surface area contributed by atoms with Crippen molar-refractivity contribution in [3.05, 3.63) is 76.8 Å². The van der Waals surface area contributed by atoms with Crippen molar-refractivity contribution in [2.24, 2.45) is 10.2 Å². The smallest absolute Gasteiger partial charge is 0.251 e. The van der Waals surface area contributed by atoms with Crippen molar-refractivity contribution in [1.29, 1.82) is 0 Å². The number of benzene rings is 2. The first-order valence-corrected chi connectivity index (χ1v) is 7.76. The number of nitrogens with one attached hydrogen (secondary N) is 1. The monoisotopic (exact) mass is 348 g/mol. The van der Waals surface area contributed by atoms with E-state index in [9.17, 15) is 9.18 Å². The van der Waals surface area contributed by atoms with Gasteiger partial charge < -0.3 is 10.7 Å². The molecule has 0 aliphatic heterocycles. The quantitative estimate of drug-likeness (QED) is 0.550. The number of halogens is 1. The van der Waals surface area contributed by atoms with Crippen molar-refractivity contribution in [2.45, 2.75) is 0 Å². The molecule has 0 aliphatic rings. The minimum atomic E-state index is -0.365. The minimum Gasteiger partial charge on any atom is -0.380 e. The molecule has 0 saturated carbocycles. The number of H-pyrrole nitrogens is 1. The van der Waals surface area contributed by atoms with E-state index < -0.39 is 0 Å². The fourth-order valence-electron chi connectivity index (χ4n) is 2.58. The van der Waals surface area contributed by atoms with E-state index in [0.29, 0.717) is 17.0 Å². The molecular weight excluding hydrogens is 335 g/mol. The molecule has 0 saturated heterocycles. The van der Waals surface area contributed by atoms with Crippen molar-refractivity contribution in [2.75, 3.05) is 5.73 Å². The highest BCUT2D eigenvalue weighted by Gasteiger charge is 2.15. The number of rotatable bonds is 3. The van der Waals surface area contributed by atoms with Gasteiger partial charge in [-0.3, -0.25) is 4.79 Å². The first kappa shape index (κ1) is 15.7. The number of aromatic amines is 1. The Labute approximate surface area is 146 Å². The number of hydrogen-bond donors (Lipinski definition) is 2. The molecule has 128 valence electrons. The molecule has 2 aromatic carbocycles. The van der Waals surface area contributed by atoms with Crippen molar-refractivity contribution >= 4 is 22.8 Å². The zero-order valence-corrected chi connectivity index (χ0v) is 13.4.